The highest BCUT2D eigenvalue weighted by molar-refractivity contribution is 6.02. The van der Waals surface area contributed by atoms with Crippen LogP contribution in [0.2, 0.25) is 0 Å². The van der Waals surface area contributed by atoms with Gasteiger partial charge in [-0.3, -0.25) is 5.43 Å². The Morgan fingerprint density at radius 1 is 0.793 bits per heavy atom. The Morgan fingerprint density at radius 2 is 1.48 bits per heavy atom. The van der Waals surface area contributed by atoms with Crippen molar-refractivity contribution in [1.82, 2.24) is 0 Å². The Labute approximate surface area is 167 Å². The highest BCUT2D eigenvalue weighted by Gasteiger charge is 2.08. The minimum absolute atomic E-state index is 0.279. The summed E-state index contributed by atoms with van der Waals surface area (Å²) in [7, 11) is 0. The minimum atomic E-state index is -0.301. The van der Waals surface area contributed by atoms with Crippen molar-refractivity contribution in [2.24, 2.45) is 5.10 Å². The molecular weight excluding hydrogens is 370 g/mol. The van der Waals surface area contributed by atoms with Crippen molar-refractivity contribution in [3.05, 3.63) is 108 Å². The number of fused-ring (bicyclic) bond motifs is 1. The average Bonchev–Trinajstić information content (AvgIpc) is 2.75. The number of benzene rings is 4. The zero-order valence-corrected chi connectivity index (χ0v) is 15.5. The monoisotopic (exact) mass is 388 g/mol. The molecule has 0 aliphatic rings. The summed E-state index contributed by atoms with van der Waals surface area (Å²) in [6.45, 7) is 0.310. The molecule has 1 N–H and O–H groups in total. The highest BCUT2D eigenvalue weighted by Crippen LogP contribution is 2.27. The summed E-state index contributed by atoms with van der Waals surface area (Å²) >= 11 is 0. The number of nitrogens with zero attached hydrogens (tertiary/aromatic N) is 1. The predicted molar refractivity (Wildman–Crippen MR) is 112 cm³/mol. The largest absolute Gasteiger partial charge is 0.488 e. The molecule has 0 saturated heterocycles. The number of hydrogen-bond donors (Lipinski definition) is 1. The molecule has 4 rings (SSSR count). The Hall–Kier alpha value is -3.73. The van der Waals surface area contributed by atoms with Crippen LogP contribution in [0.15, 0.2) is 90.0 Å². The third kappa shape index (κ3) is 4.58. The molecule has 0 spiro atoms. The van der Waals surface area contributed by atoms with E-state index in [0.717, 1.165) is 21.9 Å². The molecule has 0 fully saturated rings. The second-order valence-electron chi connectivity index (χ2n) is 6.49. The second-order valence-corrected chi connectivity index (χ2v) is 6.49. The van der Waals surface area contributed by atoms with Crippen LogP contribution in [0.1, 0.15) is 11.1 Å². The standard InChI is InChI=1S/C24H18F2N2O/c25-19-8-5-17(6-9-19)16-29-24-14-7-18-3-1-2-4-22(18)23(24)15-27-28-21-12-10-20(26)11-13-21/h1-15,28H,16H2. The van der Waals surface area contributed by atoms with Crippen molar-refractivity contribution in [1.29, 1.82) is 0 Å². The van der Waals surface area contributed by atoms with Gasteiger partial charge in [-0.2, -0.15) is 5.10 Å². The van der Waals surface area contributed by atoms with E-state index in [1.54, 1.807) is 30.5 Å². The van der Waals surface area contributed by atoms with Crippen LogP contribution in [0, 0.1) is 11.6 Å². The molecule has 3 nitrogen and oxygen atoms in total. The van der Waals surface area contributed by atoms with Crippen molar-refractivity contribution in [3.63, 3.8) is 0 Å². The topological polar surface area (TPSA) is 33.6 Å². The zero-order chi connectivity index (χ0) is 20.1. The molecule has 0 aliphatic carbocycles. The number of halogens is 2. The maximum Gasteiger partial charge on any atom is 0.129 e. The number of rotatable bonds is 6. The van der Waals surface area contributed by atoms with Crippen LogP contribution in [0.4, 0.5) is 14.5 Å². The van der Waals surface area contributed by atoms with Gasteiger partial charge in [0.2, 0.25) is 0 Å². The molecule has 0 atom stereocenters. The fourth-order valence-electron chi connectivity index (χ4n) is 2.97. The quantitative estimate of drug-likeness (QED) is 0.318. The normalized spacial score (nSPS) is 11.1. The molecule has 4 aromatic carbocycles. The van der Waals surface area contributed by atoms with E-state index in [1.807, 2.05) is 36.4 Å². The number of hydrazone groups is 1. The maximum absolute atomic E-state index is 13.1. The molecule has 4 aromatic rings. The summed E-state index contributed by atoms with van der Waals surface area (Å²) in [5.41, 5.74) is 5.26. The highest BCUT2D eigenvalue weighted by atomic mass is 19.1. The summed E-state index contributed by atoms with van der Waals surface area (Å²) in [5, 5.41) is 6.35. The number of nitrogens with one attached hydrogen (secondary N) is 1. The molecular formula is C24H18F2N2O. The molecule has 0 heterocycles. The van der Waals surface area contributed by atoms with E-state index in [4.69, 9.17) is 4.74 Å². The lowest BCUT2D eigenvalue weighted by molar-refractivity contribution is 0.306. The van der Waals surface area contributed by atoms with Crippen molar-refractivity contribution in [2.75, 3.05) is 5.43 Å². The summed E-state index contributed by atoms with van der Waals surface area (Å²) in [6.07, 6.45) is 1.69. The molecule has 144 valence electrons. The number of ether oxygens (including phenoxy) is 1. The first-order valence-corrected chi connectivity index (χ1v) is 9.13. The first-order valence-electron chi connectivity index (χ1n) is 9.13. The lowest BCUT2D eigenvalue weighted by Crippen LogP contribution is -2.00. The average molecular weight is 388 g/mol. The van der Waals surface area contributed by atoms with Gasteiger partial charge >= 0.3 is 0 Å². The van der Waals surface area contributed by atoms with E-state index >= 15 is 0 Å². The maximum atomic E-state index is 13.1. The summed E-state index contributed by atoms with van der Waals surface area (Å²) < 4.78 is 32.1. The number of hydrogen-bond acceptors (Lipinski definition) is 3. The van der Waals surface area contributed by atoms with Crippen LogP contribution in [-0.4, -0.2) is 6.21 Å². The van der Waals surface area contributed by atoms with E-state index in [1.165, 1.54) is 24.3 Å². The molecule has 0 unspecified atom stereocenters. The van der Waals surface area contributed by atoms with Crippen LogP contribution >= 0.6 is 0 Å². The summed E-state index contributed by atoms with van der Waals surface area (Å²) in [4.78, 5) is 0. The van der Waals surface area contributed by atoms with E-state index in [2.05, 4.69) is 10.5 Å². The van der Waals surface area contributed by atoms with Crippen molar-refractivity contribution in [2.45, 2.75) is 6.61 Å². The molecule has 0 aliphatic heterocycles. The van der Waals surface area contributed by atoms with Crippen LogP contribution in [-0.2, 0) is 6.61 Å². The first-order chi connectivity index (χ1) is 14.2. The van der Waals surface area contributed by atoms with Gasteiger partial charge in [-0.15, -0.1) is 0 Å². The van der Waals surface area contributed by atoms with Gasteiger partial charge in [0, 0.05) is 5.56 Å². The van der Waals surface area contributed by atoms with Gasteiger partial charge in [0.1, 0.15) is 24.0 Å². The van der Waals surface area contributed by atoms with Gasteiger partial charge in [0.05, 0.1) is 11.9 Å². The first kappa shape index (κ1) is 18.6. The van der Waals surface area contributed by atoms with Crippen molar-refractivity contribution in [3.8, 4) is 5.75 Å². The second kappa shape index (κ2) is 8.52. The number of anilines is 1. The molecule has 0 radical (unpaired) electrons. The Balaban J connectivity index is 1.60. The molecule has 0 bridgehead atoms. The summed E-state index contributed by atoms with van der Waals surface area (Å²) in [5.74, 6) is 0.0851. The lowest BCUT2D eigenvalue weighted by atomic mass is 10.0. The third-order valence-electron chi connectivity index (χ3n) is 4.47. The molecule has 0 aromatic heterocycles. The van der Waals surface area contributed by atoms with Gasteiger partial charge in [-0.05, 0) is 58.8 Å². The van der Waals surface area contributed by atoms with Crippen molar-refractivity contribution < 1.29 is 13.5 Å². The van der Waals surface area contributed by atoms with Crippen LogP contribution < -0.4 is 10.2 Å². The van der Waals surface area contributed by atoms with E-state index in [0.29, 0.717) is 18.0 Å². The van der Waals surface area contributed by atoms with E-state index in [-0.39, 0.29) is 11.6 Å². The molecule has 29 heavy (non-hydrogen) atoms. The molecule has 0 saturated carbocycles. The van der Waals surface area contributed by atoms with E-state index < -0.39 is 0 Å². The predicted octanol–water partition coefficient (Wildman–Crippen LogP) is 6.14. The fourth-order valence-corrected chi connectivity index (χ4v) is 2.97. The van der Waals surface area contributed by atoms with Crippen LogP contribution in [0.3, 0.4) is 0 Å². The van der Waals surface area contributed by atoms with Gasteiger partial charge in [-0.1, -0.05) is 42.5 Å². The fraction of sp³-hybridized carbons (Fsp3) is 0.0417. The van der Waals surface area contributed by atoms with Crippen LogP contribution in [0.5, 0.6) is 5.75 Å². The van der Waals surface area contributed by atoms with Crippen LogP contribution in [0.25, 0.3) is 10.8 Å². The lowest BCUT2D eigenvalue weighted by Gasteiger charge is -2.12. The van der Waals surface area contributed by atoms with Gasteiger partial charge in [-0.25, -0.2) is 8.78 Å². The summed E-state index contributed by atoms with van der Waals surface area (Å²) in [6, 6.07) is 24.0. The minimum Gasteiger partial charge on any atom is -0.488 e. The zero-order valence-electron chi connectivity index (χ0n) is 15.5. The molecule has 0 amide bonds. The van der Waals surface area contributed by atoms with E-state index in [9.17, 15) is 8.78 Å². The Bertz CT molecular complexity index is 1140. The van der Waals surface area contributed by atoms with Gasteiger partial charge in [0.25, 0.3) is 0 Å². The molecule has 5 heteroatoms. The smallest absolute Gasteiger partial charge is 0.129 e. The third-order valence-corrected chi connectivity index (χ3v) is 4.47. The Kier molecular flexibility index (Phi) is 5.47. The van der Waals surface area contributed by atoms with Gasteiger partial charge in [0.15, 0.2) is 0 Å². The van der Waals surface area contributed by atoms with Crippen molar-refractivity contribution >= 4 is 22.7 Å². The SMILES string of the molecule is Fc1ccc(COc2ccc3ccccc3c2C=NNc2ccc(F)cc2)cc1. The van der Waals surface area contributed by atoms with Gasteiger partial charge < -0.3 is 4.74 Å². The Morgan fingerprint density at radius 3 is 2.24 bits per heavy atom.